The molecule has 0 saturated carbocycles. The summed E-state index contributed by atoms with van der Waals surface area (Å²) >= 11 is 6.19. The van der Waals surface area contributed by atoms with E-state index in [4.69, 9.17) is 11.6 Å². The Morgan fingerprint density at radius 3 is 2.50 bits per heavy atom. The van der Waals surface area contributed by atoms with Crippen LogP contribution in [0.25, 0.3) is 0 Å². The summed E-state index contributed by atoms with van der Waals surface area (Å²) in [5.41, 5.74) is 1.36. The number of hydrogen-bond donors (Lipinski definition) is 1. The van der Waals surface area contributed by atoms with Crippen molar-refractivity contribution >= 4 is 11.6 Å². The lowest BCUT2D eigenvalue weighted by Crippen LogP contribution is -2.41. The maximum Gasteiger partial charge on any atom is 0.0488 e. The lowest BCUT2D eigenvalue weighted by Gasteiger charge is -2.40. The fourth-order valence-electron chi connectivity index (χ4n) is 2.68. The SMILES string of the molecule is CCC1(CO)CCN(Cc2ccccc2Cl)CC1. The first kappa shape index (κ1) is 13.9. The van der Waals surface area contributed by atoms with Crippen molar-refractivity contribution < 1.29 is 5.11 Å². The molecule has 0 amide bonds. The fraction of sp³-hybridized carbons (Fsp3) is 0.600. The van der Waals surface area contributed by atoms with Gasteiger partial charge in [0, 0.05) is 18.2 Å². The van der Waals surface area contributed by atoms with Crippen molar-refractivity contribution in [1.29, 1.82) is 0 Å². The Labute approximate surface area is 115 Å². The first-order valence-corrected chi connectivity index (χ1v) is 7.13. The Hall–Kier alpha value is -0.570. The van der Waals surface area contributed by atoms with Gasteiger partial charge in [0.1, 0.15) is 0 Å². The van der Waals surface area contributed by atoms with Gasteiger partial charge in [-0.3, -0.25) is 4.90 Å². The minimum atomic E-state index is 0.164. The molecule has 0 bridgehead atoms. The number of nitrogens with zero attached hydrogens (tertiary/aromatic N) is 1. The van der Waals surface area contributed by atoms with E-state index < -0.39 is 0 Å². The van der Waals surface area contributed by atoms with E-state index >= 15 is 0 Å². The van der Waals surface area contributed by atoms with E-state index in [1.54, 1.807) is 0 Å². The van der Waals surface area contributed by atoms with Crippen LogP contribution >= 0.6 is 11.6 Å². The average Bonchev–Trinajstić information content (AvgIpc) is 2.43. The molecule has 1 saturated heterocycles. The molecule has 1 heterocycles. The number of rotatable bonds is 4. The number of aliphatic hydroxyl groups excluding tert-OH is 1. The monoisotopic (exact) mass is 267 g/mol. The van der Waals surface area contributed by atoms with Crippen LogP contribution in [-0.4, -0.2) is 29.7 Å². The number of hydrogen-bond acceptors (Lipinski definition) is 2. The highest BCUT2D eigenvalue weighted by Gasteiger charge is 2.32. The highest BCUT2D eigenvalue weighted by atomic mass is 35.5. The van der Waals surface area contributed by atoms with E-state index in [1.165, 1.54) is 5.56 Å². The van der Waals surface area contributed by atoms with Crippen LogP contribution in [0, 0.1) is 5.41 Å². The number of likely N-dealkylation sites (tertiary alicyclic amines) is 1. The maximum absolute atomic E-state index is 9.52. The van der Waals surface area contributed by atoms with E-state index in [0.29, 0.717) is 6.61 Å². The minimum Gasteiger partial charge on any atom is -0.396 e. The molecule has 0 atom stereocenters. The second-order valence-corrected chi connectivity index (χ2v) is 5.79. The Balaban J connectivity index is 1.93. The van der Waals surface area contributed by atoms with Crippen LogP contribution in [0.1, 0.15) is 31.7 Å². The Bertz CT molecular complexity index is 380. The molecular formula is C15H22ClNO. The number of piperidine rings is 1. The van der Waals surface area contributed by atoms with Crippen LogP contribution < -0.4 is 0 Å². The van der Waals surface area contributed by atoms with Crippen molar-refractivity contribution in [3.05, 3.63) is 34.9 Å². The number of halogens is 1. The molecule has 18 heavy (non-hydrogen) atoms. The van der Waals surface area contributed by atoms with Gasteiger partial charge in [-0.05, 0) is 49.4 Å². The summed E-state index contributed by atoms with van der Waals surface area (Å²) in [7, 11) is 0. The number of benzene rings is 1. The van der Waals surface area contributed by atoms with Gasteiger partial charge in [0.05, 0.1) is 0 Å². The summed E-state index contributed by atoms with van der Waals surface area (Å²) in [5, 5.41) is 10.4. The van der Waals surface area contributed by atoms with Gasteiger partial charge in [-0.15, -0.1) is 0 Å². The van der Waals surface area contributed by atoms with Crippen molar-refractivity contribution in [2.24, 2.45) is 5.41 Å². The van der Waals surface area contributed by atoms with Crippen molar-refractivity contribution in [1.82, 2.24) is 4.90 Å². The lowest BCUT2D eigenvalue weighted by molar-refractivity contribution is 0.0382. The summed E-state index contributed by atoms with van der Waals surface area (Å²) in [6.07, 6.45) is 3.25. The van der Waals surface area contributed by atoms with E-state index in [0.717, 1.165) is 43.9 Å². The highest BCUT2D eigenvalue weighted by Crippen LogP contribution is 2.34. The van der Waals surface area contributed by atoms with Gasteiger partial charge in [-0.2, -0.15) is 0 Å². The average molecular weight is 268 g/mol. The molecule has 0 aromatic heterocycles. The molecule has 2 nitrogen and oxygen atoms in total. The van der Waals surface area contributed by atoms with Gasteiger partial charge in [-0.25, -0.2) is 0 Å². The standard InChI is InChI=1S/C15H22ClNO/c1-2-15(12-18)7-9-17(10-8-15)11-13-5-3-4-6-14(13)16/h3-6,18H,2,7-12H2,1H3. The van der Waals surface area contributed by atoms with E-state index in [2.05, 4.69) is 17.9 Å². The zero-order valence-corrected chi connectivity index (χ0v) is 11.8. The summed E-state index contributed by atoms with van der Waals surface area (Å²) in [4.78, 5) is 2.44. The van der Waals surface area contributed by atoms with Gasteiger partial charge in [0.2, 0.25) is 0 Å². The third-order valence-electron chi connectivity index (χ3n) is 4.35. The lowest BCUT2D eigenvalue weighted by atomic mass is 9.77. The third kappa shape index (κ3) is 3.05. The first-order chi connectivity index (χ1) is 8.69. The van der Waals surface area contributed by atoms with Crippen LogP contribution in [0.4, 0.5) is 0 Å². The highest BCUT2D eigenvalue weighted by molar-refractivity contribution is 6.31. The van der Waals surface area contributed by atoms with Crippen molar-refractivity contribution in [3.63, 3.8) is 0 Å². The normalized spacial score (nSPS) is 19.9. The van der Waals surface area contributed by atoms with Crippen molar-refractivity contribution in [3.8, 4) is 0 Å². The second-order valence-electron chi connectivity index (χ2n) is 5.38. The zero-order valence-electron chi connectivity index (χ0n) is 11.0. The molecule has 1 aliphatic rings. The molecule has 1 fully saturated rings. The number of aliphatic hydroxyl groups is 1. The van der Waals surface area contributed by atoms with Crippen LogP contribution in [0.2, 0.25) is 5.02 Å². The molecule has 3 heteroatoms. The van der Waals surface area contributed by atoms with Crippen LogP contribution in [0.15, 0.2) is 24.3 Å². The topological polar surface area (TPSA) is 23.5 Å². The first-order valence-electron chi connectivity index (χ1n) is 6.76. The molecule has 100 valence electrons. The van der Waals surface area contributed by atoms with E-state index in [-0.39, 0.29) is 5.41 Å². The molecule has 1 aromatic rings. The third-order valence-corrected chi connectivity index (χ3v) is 4.72. The van der Waals surface area contributed by atoms with Crippen molar-refractivity contribution in [2.45, 2.75) is 32.7 Å². The van der Waals surface area contributed by atoms with Crippen molar-refractivity contribution in [2.75, 3.05) is 19.7 Å². The molecule has 0 spiro atoms. The maximum atomic E-state index is 9.52. The smallest absolute Gasteiger partial charge is 0.0488 e. The fourth-order valence-corrected chi connectivity index (χ4v) is 2.87. The van der Waals surface area contributed by atoms with Gasteiger partial charge >= 0.3 is 0 Å². The predicted molar refractivity (Wildman–Crippen MR) is 75.8 cm³/mol. The summed E-state index contributed by atoms with van der Waals surface area (Å²) in [6, 6.07) is 8.05. The second kappa shape index (κ2) is 6.05. The van der Waals surface area contributed by atoms with Gasteiger partial charge in [-0.1, -0.05) is 36.7 Å². The van der Waals surface area contributed by atoms with Gasteiger partial charge in [0.15, 0.2) is 0 Å². The largest absolute Gasteiger partial charge is 0.396 e. The van der Waals surface area contributed by atoms with Crippen LogP contribution in [-0.2, 0) is 6.54 Å². The molecule has 0 aliphatic carbocycles. The van der Waals surface area contributed by atoms with E-state index in [9.17, 15) is 5.11 Å². The van der Waals surface area contributed by atoms with Gasteiger partial charge in [0.25, 0.3) is 0 Å². The molecule has 1 aromatic carbocycles. The summed E-state index contributed by atoms with van der Waals surface area (Å²) in [5.74, 6) is 0. The molecule has 2 rings (SSSR count). The quantitative estimate of drug-likeness (QED) is 0.905. The Kier molecular flexibility index (Phi) is 4.66. The van der Waals surface area contributed by atoms with Crippen LogP contribution in [0.3, 0.4) is 0 Å². The molecule has 0 radical (unpaired) electrons. The molecule has 1 N–H and O–H groups in total. The predicted octanol–water partition coefficient (Wildman–Crippen LogP) is 3.32. The molecule has 0 unspecified atom stereocenters. The van der Waals surface area contributed by atoms with E-state index in [1.807, 2.05) is 18.2 Å². The minimum absolute atomic E-state index is 0.164. The summed E-state index contributed by atoms with van der Waals surface area (Å²) in [6.45, 7) is 5.54. The van der Waals surface area contributed by atoms with Crippen LogP contribution in [0.5, 0.6) is 0 Å². The van der Waals surface area contributed by atoms with Gasteiger partial charge < -0.3 is 5.11 Å². The molecular weight excluding hydrogens is 246 g/mol. The Morgan fingerprint density at radius 2 is 1.94 bits per heavy atom. The molecule has 1 aliphatic heterocycles. The summed E-state index contributed by atoms with van der Waals surface area (Å²) < 4.78 is 0. The zero-order chi connectivity index (χ0) is 13.0. The Morgan fingerprint density at radius 1 is 1.28 bits per heavy atom.